The summed E-state index contributed by atoms with van der Waals surface area (Å²) in [5.41, 5.74) is 7.74. The molecule has 3 N–H and O–H groups in total. The summed E-state index contributed by atoms with van der Waals surface area (Å²) in [4.78, 5) is 23.6. The maximum Gasteiger partial charge on any atom is 0.329 e. The lowest BCUT2D eigenvalue weighted by atomic mass is 10.1. The molecule has 1 atom stereocenters. The molecule has 2 aromatic carbocycles. The van der Waals surface area contributed by atoms with Crippen LogP contribution in [-0.4, -0.2) is 31.6 Å². The number of amides is 1. The molecule has 0 unspecified atom stereocenters. The molecule has 0 radical (unpaired) electrons. The molecule has 0 heterocycles. The minimum Gasteiger partial charge on any atom is -0.467 e. The number of hydrogen-bond donors (Lipinski definition) is 2. The topological polar surface area (TPSA) is 81.4 Å². The first-order valence-corrected chi connectivity index (χ1v) is 8.06. The molecule has 0 bridgehead atoms. The number of esters is 1. The number of rotatable bonds is 5. The molecule has 5 nitrogen and oxygen atoms in total. The number of nitrogens with two attached hydrogens (primary N) is 1. The van der Waals surface area contributed by atoms with Crippen LogP contribution < -0.4 is 11.1 Å². The van der Waals surface area contributed by atoms with Gasteiger partial charge in [-0.2, -0.15) is 0 Å². The van der Waals surface area contributed by atoms with Crippen molar-refractivity contribution in [2.75, 3.05) is 13.7 Å². The molecule has 0 aliphatic rings. The Bertz CT molecular complexity index is 831. The summed E-state index contributed by atoms with van der Waals surface area (Å²) < 4.78 is 4.59. The van der Waals surface area contributed by atoms with Crippen LogP contribution in [0.25, 0.3) is 6.08 Å². The molecule has 2 rings (SSSR count). The lowest BCUT2D eigenvalue weighted by Gasteiger charge is -2.14. The van der Waals surface area contributed by atoms with E-state index >= 15 is 0 Å². The van der Waals surface area contributed by atoms with Crippen LogP contribution >= 0.6 is 0 Å². The Hall–Kier alpha value is -3.36. The predicted octanol–water partition coefficient (Wildman–Crippen LogP) is 1.98. The number of allylic oxidation sites excluding steroid dienone is 1. The predicted molar refractivity (Wildman–Crippen MR) is 101 cm³/mol. The number of methoxy groups -OCH3 is 1. The maximum absolute atomic E-state index is 12.1. The van der Waals surface area contributed by atoms with Crippen LogP contribution in [0.15, 0.2) is 60.7 Å². The second-order valence-electron chi connectivity index (χ2n) is 5.38. The summed E-state index contributed by atoms with van der Waals surface area (Å²) in [6.07, 6.45) is 3.70. The Kier molecular flexibility index (Phi) is 7.17. The summed E-state index contributed by atoms with van der Waals surface area (Å²) in [5.74, 6) is 4.98. The van der Waals surface area contributed by atoms with Gasteiger partial charge in [-0.3, -0.25) is 4.79 Å². The molecule has 0 aliphatic carbocycles. The van der Waals surface area contributed by atoms with E-state index in [0.717, 1.165) is 11.1 Å². The molecule has 132 valence electrons. The van der Waals surface area contributed by atoms with E-state index in [1.807, 2.05) is 36.4 Å². The van der Waals surface area contributed by atoms with Gasteiger partial charge in [-0.15, -0.1) is 0 Å². The normalized spacial score (nSPS) is 11.3. The SMILES string of the molecule is COC(=O)[C@H](CN)NC(=O)c1ccc(C#C/C=C/c2ccccc2)cc1. The van der Waals surface area contributed by atoms with Crippen LogP contribution in [0, 0.1) is 11.8 Å². The Labute approximate surface area is 152 Å². The lowest BCUT2D eigenvalue weighted by Crippen LogP contribution is -2.46. The summed E-state index contributed by atoms with van der Waals surface area (Å²) in [7, 11) is 1.25. The Morgan fingerprint density at radius 2 is 1.85 bits per heavy atom. The fourth-order valence-electron chi connectivity index (χ4n) is 2.13. The highest BCUT2D eigenvalue weighted by molar-refractivity contribution is 5.96. The molecular formula is C21H20N2O3. The van der Waals surface area contributed by atoms with Crippen molar-refractivity contribution in [3.63, 3.8) is 0 Å². The van der Waals surface area contributed by atoms with Crippen molar-refractivity contribution in [1.29, 1.82) is 0 Å². The zero-order valence-electron chi connectivity index (χ0n) is 14.4. The second-order valence-corrected chi connectivity index (χ2v) is 5.38. The van der Waals surface area contributed by atoms with Gasteiger partial charge in [0.15, 0.2) is 0 Å². The summed E-state index contributed by atoms with van der Waals surface area (Å²) in [5, 5.41) is 2.54. The lowest BCUT2D eigenvalue weighted by molar-refractivity contribution is -0.142. The number of ether oxygens (including phenoxy) is 1. The fourth-order valence-corrected chi connectivity index (χ4v) is 2.13. The van der Waals surface area contributed by atoms with E-state index in [9.17, 15) is 9.59 Å². The van der Waals surface area contributed by atoms with Gasteiger partial charge in [0.1, 0.15) is 6.04 Å². The van der Waals surface area contributed by atoms with Gasteiger partial charge in [0.2, 0.25) is 0 Å². The molecule has 0 saturated carbocycles. The number of carbonyl (C=O) groups excluding carboxylic acids is 2. The average molecular weight is 348 g/mol. The molecule has 0 aliphatic heterocycles. The molecule has 26 heavy (non-hydrogen) atoms. The first-order chi connectivity index (χ1) is 12.6. The van der Waals surface area contributed by atoms with Gasteiger partial charge in [-0.1, -0.05) is 42.2 Å². The Morgan fingerprint density at radius 1 is 1.15 bits per heavy atom. The van der Waals surface area contributed by atoms with E-state index in [-0.39, 0.29) is 6.54 Å². The van der Waals surface area contributed by atoms with Gasteiger partial charge >= 0.3 is 5.97 Å². The summed E-state index contributed by atoms with van der Waals surface area (Å²) in [6, 6.07) is 15.8. The smallest absolute Gasteiger partial charge is 0.329 e. The number of hydrogen-bond acceptors (Lipinski definition) is 4. The molecule has 0 spiro atoms. The third-order valence-corrected chi connectivity index (χ3v) is 3.55. The largest absolute Gasteiger partial charge is 0.467 e. The van der Waals surface area contributed by atoms with Gasteiger partial charge in [0.05, 0.1) is 7.11 Å². The van der Waals surface area contributed by atoms with E-state index in [0.29, 0.717) is 5.56 Å². The molecular weight excluding hydrogens is 328 g/mol. The summed E-state index contributed by atoms with van der Waals surface area (Å²) >= 11 is 0. The molecule has 2 aromatic rings. The van der Waals surface area contributed by atoms with Gasteiger partial charge in [-0.05, 0) is 42.0 Å². The summed E-state index contributed by atoms with van der Waals surface area (Å²) in [6.45, 7) is -0.0320. The minimum absolute atomic E-state index is 0.0320. The van der Waals surface area contributed by atoms with E-state index in [1.54, 1.807) is 30.3 Å². The van der Waals surface area contributed by atoms with Crippen LogP contribution in [0.1, 0.15) is 21.5 Å². The third-order valence-electron chi connectivity index (χ3n) is 3.55. The fraction of sp³-hybridized carbons (Fsp3) is 0.143. The Morgan fingerprint density at radius 3 is 2.46 bits per heavy atom. The van der Waals surface area contributed by atoms with Crippen LogP contribution in [-0.2, 0) is 9.53 Å². The second kappa shape index (κ2) is 9.82. The highest BCUT2D eigenvalue weighted by Crippen LogP contribution is 2.05. The first kappa shape index (κ1) is 19.0. The quantitative estimate of drug-likeness (QED) is 0.639. The average Bonchev–Trinajstić information content (AvgIpc) is 2.70. The van der Waals surface area contributed by atoms with Crippen LogP contribution in [0.4, 0.5) is 0 Å². The van der Waals surface area contributed by atoms with Gasteiger partial charge in [-0.25, -0.2) is 4.79 Å². The van der Waals surface area contributed by atoms with Crippen molar-refractivity contribution in [1.82, 2.24) is 5.32 Å². The minimum atomic E-state index is -0.866. The highest BCUT2D eigenvalue weighted by atomic mass is 16.5. The first-order valence-electron chi connectivity index (χ1n) is 8.06. The maximum atomic E-state index is 12.1. The van der Waals surface area contributed by atoms with E-state index in [4.69, 9.17) is 5.73 Å². The van der Waals surface area contributed by atoms with Crippen molar-refractivity contribution in [3.8, 4) is 11.8 Å². The standard InChI is InChI=1S/C21H20N2O3/c1-26-21(25)19(15-22)23-20(24)18-13-11-17(12-14-18)10-6-5-9-16-7-3-2-4-8-16/h2-5,7-9,11-14,19H,15,22H2,1H3,(H,23,24)/b9-5+/t19-/m0/s1. The Balaban J connectivity index is 1.98. The third kappa shape index (κ3) is 5.62. The monoisotopic (exact) mass is 348 g/mol. The molecule has 5 heteroatoms. The van der Waals surface area contributed by atoms with Crippen LogP contribution in [0.2, 0.25) is 0 Å². The van der Waals surface area contributed by atoms with Crippen molar-refractivity contribution in [2.45, 2.75) is 6.04 Å². The van der Waals surface area contributed by atoms with Gasteiger partial charge in [0, 0.05) is 17.7 Å². The van der Waals surface area contributed by atoms with Crippen LogP contribution in [0.5, 0.6) is 0 Å². The van der Waals surface area contributed by atoms with Gasteiger partial charge < -0.3 is 15.8 Å². The van der Waals surface area contributed by atoms with E-state index in [1.165, 1.54) is 7.11 Å². The molecule has 0 aromatic heterocycles. The zero-order chi connectivity index (χ0) is 18.8. The zero-order valence-corrected chi connectivity index (χ0v) is 14.4. The van der Waals surface area contributed by atoms with Crippen molar-refractivity contribution >= 4 is 18.0 Å². The highest BCUT2D eigenvalue weighted by Gasteiger charge is 2.20. The number of benzene rings is 2. The molecule has 1 amide bonds. The number of nitrogens with one attached hydrogen (secondary N) is 1. The van der Waals surface area contributed by atoms with Crippen molar-refractivity contribution in [3.05, 3.63) is 77.4 Å². The molecule has 0 fully saturated rings. The van der Waals surface area contributed by atoms with Crippen LogP contribution in [0.3, 0.4) is 0 Å². The van der Waals surface area contributed by atoms with Crippen molar-refractivity contribution < 1.29 is 14.3 Å². The van der Waals surface area contributed by atoms with Gasteiger partial charge in [0.25, 0.3) is 5.91 Å². The van der Waals surface area contributed by atoms with Crippen molar-refractivity contribution in [2.24, 2.45) is 5.73 Å². The molecule has 0 saturated heterocycles. The van der Waals surface area contributed by atoms with E-state index < -0.39 is 17.9 Å². The number of carbonyl (C=O) groups is 2. The van der Waals surface area contributed by atoms with E-state index in [2.05, 4.69) is 21.9 Å².